The maximum absolute atomic E-state index is 12.5. The molecule has 2 rings (SSSR count). The summed E-state index contributed by atoms with van der Waals surface area (Å²) >= 11 is 0. The van der Waals surface area contributed by atoms with Crippen molar-refractivity contribution in [1.29, 1.82) is 0 Å². The van der Waals surface area contributed by atoms with Gasteiger partial charge in [-0.3, -0.25) is 0 Å². The molecule has 1 heterocycles. The van der Waals surface area contributed by atoms with Crippen LogP contribution in [-0.4, -0.2) is 18.1 Å². The van der Waals surface area contributed by atoms with Crippen LogP contribution in [0.3, 0.4) is 0 Å². The van der Waals surface area contributed by atoms with Gasteiger partial charge >= 0.3 is 0 Å². The van der Waals surface area contributed by atoms with Gasteiger partial charge in [0.25, 0.3) is 6.43 Å². The van der Waals surface area contributed by atoms with E-state index in [2.05, 4.69) is 5.32 Å². The van der Waals surface area contributed by atoms with Gasteiger partial charge in [0.05, 0.1) is 0 Å². The fraction of sp³-hybridized carbons (Fsp3) is 0.500. The van der Waals surface area contributed by atoms with Crippen LogP contribution in [-0.2, 0) is 6.42 Å². The number of alkyl halides is 2. The lowest BCUT2D eigenvalue weighted by Crippen LogP contribution is -2.29. The molecule has 2 atom stereocenters. The molecule has 1 unspecified atom stereocenters. The van der Waals surface area contributed by atoms with Gasteiger partial charge in [-0.1, -0.05) is 18.2 Å². The van der Waals surface area contributed by atoms with E-state index in [0.717, 1.165) is 17.7 Å². The summed E-state index contributed by atoms with van der Waals surface area (Å²) < 4.78 is 25.0. The fourth-order valence-electron chi connectivity index (χ4n) is 2.25. The van der Waals surface area contributed by atoms with Crippen LogP contribution in [0.25, 0.3) is 0 Å². The Hall–Kier alpha value is -1.00. The lowest BCUT2D eigenvalue weighted by Gasteiger charge is -2.27. The van der Waals surface area contributed by atoms with Crippen LogP contribution in [0.15, 0.2) is 18.2 Å². The van der Waals surface area contributed by atoms with Crippen molar-refractivity contribution in [2.45, 2.75) is 31.9 Å². The summed E-state index contributed by atoms with van der Waals surface area (Å²) in [6.45, 7) is 2.76. The van der Waals surface area contributed by atoms with Crippen LogP contribution in [0.4, 0.5) is 8.78 Å². The zero-order valence-corrected chi connectivity index (χ0v) is 9.08. The number of nitrogens with one attached hydrogen (secondary N) is 1. The standard InChI is InChI=1S/C12H15F2NO/c1-7-8-3-2-4-10(11(16)12(13)14)9(8)5-6-15-7/h2-4,7,11-12,15-16H,5-6H2,1H3/t7-,11?/m0/s1. The molecule has 0 fully saturated rings. The highest BCUT2D eigenvalue weighted by molar-refractivity contribution is 5.40. The monoisotopic (exact) mass is 227 g/mol. The number of aliphatic hydroxyl groups excluding tert-OH is 1. The topological polar surface area (TPSA) is 32.3 Å². The predicted octanol–water partition coefficient (Wildman–Crippen LogP) is 2.19. The molecular formula is C12H15F2NO. The van der Waals surface area contributed by atoms with Gasteiger partial charge in [-0.05, 0) is 36.6 Å². The molecule has 16 heavy (non-hydrogen) atoms. The van der Waals surface area contributed by atoms with Gasteiger partial charge in [0, 0.05) is 6.04 Å². The largest absolute Gasteiger partial charge is 0.382 e. The van der Waals surface area contributed by atoms with Crippen molar-refractivity contribution in [2.75, 3.05) is 6.54 Å². The van der Waals surface area contributed by atoms with E-state index in [1.54, 1.807) is 12.1 Å². The van der Waals surface area contributed by atoms with E-state index in [1.807, 2.05) is 13.0 Å². The number of hydrogen-bond acceptors (Lipinski definition) is 2. The third kappa shape index (κ3) is 1.95. The molecule has 2 N–H and O–H groups in total. The van der Waals surface area contributed by atoms with E-state index in [9.17, 15) is 13.9 Å². The molecule has 0 bridgehead atoms. The number of halogens is 2. The normalized spacial score (nSPS) is 21.9. The Labute approximate surface area is 93.3 Å². The molecule has 0 radical (unpaired) electrons. The molecule has 0 spiro atoms. The van der Waals surface area contributed by atoms with Gasteiger partial charge < -0.3 is 10.4 Å². The number of rotatable bonds is 2. The highest BCUT2D eigenvalue weighted by Gasteiger charge is 2.26. The van der Waals surface area contributed by atoms with Gasteiger partial charge in [-0.2, -0.15) is 0 Å². The van der Waals surface area contributed by atoms with Crippen LogP contribution in [0.1, 0.15) is 35.8 Å². The summed E-state index contributed by atoms with van der Waals surface area (Å²) in [4.78, 5) is 0. The highest BCUT2D eigenvalue weighted by Crippen LogP contribution is 2.31. The minimum atomic E-state index is -2.73. The minimum absolute atomic E-state index is 0.161. The summed E-state index contributed by atoms with van der Waals surface area (Å²) in [5.41, 5.74) is 2.27. The molecule has 1 aromatic rings. The lowest BCUT2D eigenvalue weighted by atomic mass is 9.89. The Morgan fingerprint density at radius 2 is 2.19 bits per heavy atom. The molecule has 1 aliphatic heterocycles. The maximum Gasteiger partial charge on any atom is 0.268 e. The average Bonchev–Trinajstić information content (AvgIpc) is 2.28. The first-order valence-corrected chi connectivity index (χ1v) is 5.42. The van der Waals surface area contributed by atoms with Crippen LogP contribution >= 0.6 is 0 Å². The second-order valence-corrected chi connectivity index (χ2v) is 4.12. The van der Waals surface area contributed by atoms with E-state index < -0.39 is 12.5 Å². The molecule has 0 saturated carbocycles. The quantitative estimate of drug-likeness (QED) is 0.811. The summed E-state index contributed by atoms with van der Waals surface area (Å²) in [5.74, 6) is 0. The van der Waals surface area contributed by atoms with Crippen LogP contribution in [0, 0.1) is 0 Å². The molecule has 0 aromatic heterocycles. The van der Waals surface area contributed by atoms with Crippen molar-refractivity contribution in [3.8, 4) is 0 Å². The SMILES string of the molecule is C[C@@H]1NCCc2c(C(O)C(F)F)cccc21. The summed E-state index contributed by atoms with van der Waals surface area (Å²) in [5, 5.41) is 12.7. The molecule has 1 aliphatic rings. The Balaban J connectivity index is 2.43. The zero-order valence-electron chi connectivity index (χ0n) is 9.08. The first-order valence-electron chi connectivity index (χ1n) is 5.42. The van der Waals surface area contributed by atoms with Gasteiger partial charge in [-0.25, -0.2) is 8.78 Å². The van der Waals surface area contributed by atoms with Crippen molar-refractivity contribution < 1.29 is 13.9 Å². The summed E-state index contributed by atoms with van der Waals surface area (Å²) in [7, 11) is 0. The first-order chi connectivity index (χ1) is 7.61. The van der Waals surface area contributed by atoms with E-state index >= 15 is 0 Å². The Kier molecular flexibility index (Phi) is 3.21. The predicted molar refractivity (Wildman–Crippen MR) is 57.5 cm³/mol. The second kappa shape index (κ2) is 4.47. The van der Waals surface area contributed by atoms with Crippen LogP contribution in [0.5, 0.6) is 0 Å². The molecule has 2 nitrogen and oxygen atoms in total. The number of aliphatic hydroxyl groups is 1. The summed E-state index contributed by atoms with van der Waals surface area (Å²) in [6.07, 6.45) is -3.70. The number of benzene rings is 1. The Morgan fingerprint density at radius 3 is 2.88 bits per heavy atom. The molecule has 0 saturated heterocycles. The Bertz CT molecular complexity index is 381. The van der Waals surface area contributed by atoms with Gasteiger partial charge in [0.15, 0.2) is 0 Å². The highest BCUT2D eigenvalue weighted by atomic mass is 19.3. The van der Waals surface area contributed by atoms with Crippen molar-refractivity contribution in [3.05, 3.63) is 34.9 Å². The van der Waals surface area contributed by atoms with Gasteiger partial charge in [0.1, 0.15) is 6.10 Å². The van der Waals surface area contributed by atoms with E-state index in [4.69, 9.17) is 0 Å². The zero-order chi connectivity index (χ0) is 11.7. The minimum Gasteiger partial charge on any atom is -0.382 e. The third-order valence-electron chi connectivity index (χ3n) is 3.10. The molecule has 0 amide bonds. The average molecular weight is 227 g/mol. The first kappa shape index (κ1) is 11.5. The van der Waals surface area contributed by atoms with Crippen molar-refractivity contribution >= 4 is 0 Å². The Morgan fingerprint density at radius 1 is 1.44 bits per heavy atom. The maximum atomic E-state index is 12.5. The lowest BCUT2D eigenvalue weighted by molar-refractivity contribution is -0.00639. The van der Waals surface area contributed by atoms with Crippen molar-refractivity contribution in [1.82, 2.24) is 5.32 Å². The van der Waals surface area contributed by atoms with Crippen molar-refractivity contribution in [2.24, 2.45) is 0 Å². The molecule has 88 valence electrons. The number of fused-ring (bicyclic) bond motifs is 1. The molecular weight excluding hydrogens is 212 g/mol. The van der Waals surface area contributed by atoms with Crippen molar-refractivity contribution in [3.63, 3.8) is 0 Å². The molecule has 1 aromatic carbocycles. The van der Waals surface area contributed by atoms with Crippen LogP contribution in [0.2, 0.25) is 0 Å². The van der Waals surface area contributed by atoms with E-state index in [-0.39, 0.29) is 6.04 Å². The number of hydrogen-bond donors (Lipinski definition) is 2. The molecule has 4 heteroatoms. The van der Waals surface area contributed by atoms with Gasteiger partial charge in [-0.15, -0.1) is 0 Å². The second-order valence-electron chi connectivity index (χ2n) is 4.12. The third-order valence-corrected chi connectivity index (χ3v) is 3.10. The van der Waals surface area contributed by atoms with E-state index in [0.29, 0.717) is 12.0 Å². The van der Waals surface area contributed by atoms with Crippen LogP contribution < -0.4 is 5.32 Å². The fourth-order valence-corrected chi connectivity index (χ4v) is 2.25. The summed E-state index contributed by atoms with van der Waals surface area (Å²) in [6, 6.07) is 5.40. The smallest absolute Gasteiger partial charge is 0.268 e. The van der Waals surface area contributed by atoms with E-state index in [1.165, 1.54) is 0 Å². The van der Waals surface area contributed by atoms with Gasteiger partial charge in [0.2, 0.25) is 0 Å². The molecule has 0 aliphatic carbocycles.